The van der Waals surface area contributed by atoms with Crippen LogP contribution in [0.2, 0.25) is 0 Å². The molecule has 0 saturated heterocycles. The number of ether oxygens (including phenoxy) is 2. The Morgan fingerprint density at radius 1 is 0.594 bits per heavy atom. The van der Waals surface area contributed by atoms with E-state index < -0.39 is 0 Å². The first-order valence-electron chi connectivity index (χ1n) is 11.0. The molecular weight excluding hydrogens is 392 g/mol. The zero-order valence-corrected chi connectivity index (χ0v) is 18.4. The fourth-order valence-electron chi connectivity index (χ4n) is 4.39. The third-order valence-electron chi connectivity index (χ3n) is 5.81. The van der Waals surface area contributed by atoms with Crippen molar-refractivity contribution in [3.05, 3.63) is 71.8 Å². The van der Waals surface area contributed by atoms with Gasteiger partial charge < -0.3 is 9.47 Å². The highest BCUT2D eigenvalue weighted by Crippen LogP contribution is 2.46. The van der Waals surface area contributed by atoms with Crippen LogP contribution in [0.3, 0.4) is 0 Å². The highest BCUT2D eigenvalue weighted by molar-refractivity contribution is 6.10. The van der Waals surface area contributed by atoms with E-state index in [4.69, 9.17) is 9.47 Å². The predicted molar refractivity (Wildman–Crippen MR) is 132 cm³/mol. The van der Waals surface area contributed by atoms with E-state index in [1.165, 1.54) is 0 Å². The zero-order chi connectivity index (χ0) is 21.9. The van der Waals surface area contributed by atoms with Crippen LogP contribution >= 0.6 is 0 Å². The van der Waals surface area contributed by atoms with E-state index in [2.05, 4.69) is 84.3 Å². The average molecular weight is 417 g/mol. The molecule has 0 aliphatic carbocycles. The van der Waals surface area contributed by atoms with Gasteiger partial charge in [0.2, 0.25) is 0 Å². The second-order valence-corrected chi connectivity index (χ2v) is 7.90. The maximum absolute atomic E-state index is 6.31. The molecule has 156 valence electrons. The van der Waals surface area contributed by atoms with Gasteiger partial charge in [-0.05, 0) is 84.6 Å². The Labute approximate surface area is 189 Å². The van der Waals surface area contributed by atoms with Gasteiger partial charge in [0.05, 0.1) is 13.2 Å². The Morgan fingerprint density at radius 2 is 1.06 bits per heavy atom. The maximum atomic E-state index is 6.31. The van der Waals surface area contributed by atoms with Gasteiger partial charge in [0.15, 0.2) is 0 Å². The van der Waals surface area contributed by atoms with Crippen molar-refractivity contribution < 1.29 is 9.47 Å². The molecule has 5 rings (SSSR count). The first-order chi connectivity index (χ1) is 15.8. The molecule has 4 aromatic rings. The van der Waals surface area contributed by atoms with E-state index in [0.29, 0.717) is 13.2 Å². The lowest BCUT2D eigenvalue weighted by Crippen LogP contribution is -2.07. The van der Waals surface area contributed by atoms with Crippen LogP contribution in [0.15, 0.2) is 60.7 Å². The lowest BCUT2D eigenvalue weighted by Gasteiger charge is -2.21. The third-order valence-corrected chi connectivity index (χ3v) is 5.81. The molecule has 0 bridgehead atoms. The SMILES string of the molecule is CC#Cc1ccc2c3c(ccc2c1)OCCCCOc1ccc2cc(C#CC)ccc2c1-3. The van der Waals surface area contributed by atoms with E-state index in [1.807, 2.05) is 13.8 Å². The molecular formula is C30H24O2. The van der Waals surface area contributed by atoms with Gasteiger partial charge >= 0.3 is 0 Å². The van der Waals surface area contributed by atoms with Gasteiger partial charge in [-0.15, -0.1) is 11.8 Å². The lowest BCUT2D eigenvalue weighted by atomic mass is 9.91. The maximum Gasteiger partial charge on any atom is 0.127 e. The number of hydrogen-bond acceptors (Lipinski definition) is 2. The van der Waals surface area contributed by atoms with E-state index >= 15 is 0 Å². The predicted octanol–water partition coefficient (Wildman–Crippen LogP) is 6.95. The molecule has 0 saturated carbocycles. The molecule has 0 atom stereocenters. The summed E-state index contributed by atoms with van der Waals surface area (Å²) in [5.74, 6) is 14.1. The number of rotatable bonds is 0. The van der Waals surface area contributed by atoms with Crippen LogP contribution in [-0.2, 0) is 0 Å². The van der Waals surface area contributed by atoms with Gasteiger partial charge in [-0.2, -0.15) is 0 Å². The molecule has 0 amide bonds. The minimum absolute atomic E-state index is 0.678. The Kier molecular flexibility index (Phi) is 5.45. The van der Waals surface area contributed by atoms with Gasteiger partial charge in [0, 0.05) is 22.3 Å². The standard InChI is InChI=1S/C30H24O2/c1-3-7-21-9-13-25-23(19-21)11-15-27-29(25)30-26-14-10-22(8-4-2)20-24(26)12-16-28(30)32-18-6-5-17-31-27/h9-16,19-20H,5-6,17-18H2,1-2H3. The summed E-state index contributed by atoms with van der Waals surface area (Å²) in [6.45, 7) is 5.08. The van der Waals surface area contributed by atoms with Crippen molar-refractivity contribution in [3.63, 3.8) is 0 Å². The van der Waals surface area contributed by atoms with Gasteiger partial charge in [0.1, 0.15) is 11.5 Å². The second kappa shape index (κ2) is 8.70. The van der Waals surface area contributed by atoms with Crippen molar-refractivity contribution in [1.29, 1.82) is 0 Å². The van der Waals surface area contributed by atoms with Crippen molar-refractivity contribution in [1.82, 2.24) is 0 Å². The third kappa shape index (κ3) is 3.66. The monoisotopic (exact) mass is 416 g/mol. The molecule has 2 nitrogen and oxygen atoms in total. The van der Waals surface area contributed by atoms with Crippen molar-refractivity contribution in [2.75, 3.05) is 13.2 Å². The van der Waals surface area contributed by atoms with Gasteiger partial charge in [-0.25, -0.2) is 0 Å². The average Bonchev–Trinajstić information content (AvgIpc) is 2.81. The van der Waals surface area contributed by atoms with Crippen LogP contribution in [0, 0.1) is 23.7 Å². The fourth-order valence-corrected chi connectivity index (χ4v) is 4.39. The van der Waals surface area contributed by atoms with Gasteiger partial charge in [-0.3, -0.25) is 0 Å². The van der Waals surface area contributed by atoms with Crippen molar-refractivity contribution in [2.24, 2.45) is 0 Å². The molecule has 0 aromatic heterocycles. The highest BCUT2D eigenvalue weighted by atomic mass is 16.5. The van der Waals surface area contributed by atoms with Gasteiger partial charge in [0.25, 0.3) is 0 Å². The minimum Gasteiger partial charge on any atom is -0.493 e. The fraction of sp³-hybridized carbons (Fsp3) is 0.200. The van der Waals surface area contributed by atoms with Crippen LogP contribution in [0.5, 0.6) is 11.5 Å². The van der Waals surface area contributed by atoms with Crippen LogP contribution in [0.1, 0.15) is 37.8 Å². The van der Waals surface area contributed by atoms with Gasteiger partial charge in [-0.1, -0.05) is 36.1 Å². The molecule has 0 spiro atoms. The summed E-state index contributed by atoms with van der Waals surface area (Å²) in [7, 11) is 0. The molecule has 1 heterocycles. The van der Waals surface area contributed by atoms with Crippen LogP contribution in [-0.4, -0.2) is 13.2 Å². The highest BCUT2D eigenvalue weighted by Gasteiger charge is 2.20. The quantitative estimate of drug-likeness (QED) is 0.289. The Hall–Kier alpha value is -3.88. The molecule has 0 fully saturated rings. The molecule has 0 radical (unpaired) electrons. The zero-order valence-electron chi connectivity index (χ0n) is 18.4. The summed E-state index contributed by atoms with van der Waals surface area (Å²) in [5.41, 5.74) is 4.18. The topological polar surface area (TPSA) is 18.5 Å². The lowest BCUT2D eigenvalue weighted by molar-refractivity contribution is 0.264. The van der Waals surface area contributed by atoms with Crippen molar-refractivity contribution in [2.45, 2.75) is 26.7 Å². The van der Waals surface area contributed by atoms with Crippen molar-refractivity contribution in [3.8, 4) is 46.3 Å². The van der Waals surface area contributed by atoms with E-state index in [9.17, 15) is 0 Å². The smallest absolute Gasteiger partial charge is 0.127 e. The molecule has 4 aromatic carbocycles. The molecule has 1 aliphatic heterocycles. The Bertz CT molecular complexity index is 1340. The summed E-state index contributed by atoms with van der Waals surface area (Å²) < 4.78 is 12.6. The van der Waals surface area contributed by atoms with Crippen molar-refractivity contribution >= 4 is 21.5 Å². The number of hydrogen-bond donors (Lipinski definition) is 0. The summed E-state index contributed by atoms with van der Waals surface area (Å²) in [6, 6.07) is 21.2. The Balaban J connectivity index is 1.86. The summed E-state index contributed by atoms with van der Waals surface area (Å²) in [6.07, 6.45) is 1.93. The van der Waals surface area contributed by atoms with E-state index in [0.717, 1.165) is 68.1 Å². The van der Waals surface area contributed by atoms with Crippen LogP contribution < -0.4 is 9.47 Å². The normalized spacial score (nSPS) is 12.8. The Morgan fingerprint density at radius 3 is 1.50 bits per heavy atom. The largest absolute Gasteiger partial charge is 0.493 e. The van der Waals surface area contributed by atoms with E-state index in [1.54, 1.807) is 0 Å². The van der Waals surface area contributed by atoms with Crippen LogP contribution in [0.4, 0.5) is 0 Å². The summed E-state index contributed by atoms with van der Waals surface area (Å²) >= 11 is 0. The first-order valence-corrected chi connectivity index (χ1v) is 11.0. The number of fused-ring (bicyclic) bond motifs is 7. The minimum atomic E-state index is 0.678. The van der Waals surface area contributed by atoms with Crippen LogP contribution in [0.25, 0.3) is 32.7 Å². The second-order valence-electron chi connectivity index (χ2n) is 7.90. The first kappa shape index (κ1) is 20.0. The molecule has 0 unspecified atom stereocenters. The summed E-state index contributed by atoms with van der Waals surface area (Å²) in [5, 5.41) is 4.56. The molecule has 32 heavy (non-hydrogen) atoms. The molecule has 2 heteroatoms. The molecule has 1 aliphatic rings. The molecule has 0 N–H and O–H groups in total. The summed E-state index contributed by atoms with van der Waals surface area (Å²) in [4.78, 5) is 0. The van der Waals surface area contributed by atoms with E-state index in [-0.39, 0.29) is 0 Å². The number of benzene rings is 4.